The molecule has 0 saturated heterocycles. The Kier molecular flexibility index (Phi) is 14.3. The van der Waals surface area contributed by atoms with Crippen LogP contribution >= 0.6 is 12.4 Å². The zero-order valence-electron chi connectivity index (χ0n) is 4.53. The van der Waals surface area contributed by atoms with Gasteiger partial charge in [0.1, 0.15) is 0 Å². The van der Waals surface area contributed by atoms with Crippen molar-refractivity contribution in [1.82, 2.24) is 0 Å². The average Bonchev–Trinajstić information content (AvgIpc) is 1.41. The van der Waals surface area contributed by atoms with Crippen molar-refractivity contribution in [1.29, 1.82) is 0 Å². The molecule has 0 bridgehead atoms. The maximum absolute atomic E-state index is 2.21. The third kappa shape index (κ3) is 8.85. The van der Waals surface area contributed by atoms with E-state index in [9.17, 15) is 0 Å². The first-order chi connectivity index (χ1) is 2.41. The van der Waals surface area contributed by atoms with Crippen LogP contribution in [0.1, 0.15) is 33.1 Å². The fourth-order valence-corrected chi connectivity index (χ4v) is 0.354. The number of unbranched alkanes of at least 4 members (excludes halogenated alkanes) is 2. The molecule has 0 amide bonds. The van der Waals surface area contributed by atoms with Gasteiger partial charge in [0.05, 0.1) is 0 Å². The van der Waals surface area contributed by atoms with Crippen molar-refractivity contribution in [3.05, 3.63) is 0 Å². The van der Waals surface area contributed by atoms with E-state index in [1.54, 1.807) is 0 Å². The lowest BCUT2D eigenvalue weighted by Gasteiger charge is -1.79. The molecule has 0 N–H and O–H groups in total. The molecule has 0 radical (unpaired) electrons. The molecule has 0 aromatic rings. The third-order valence-corrected chi connectivity index (χ3v) is 0.707. The van der Waals surface area contributed by atoms with E-state index in [-0.39, 0.29) is 12.4 Å². The Hall–Kier alpha value is 0.290. The minimum absolute atomic E-state index is 0. The lowest BCUT2D eigenvalue weighted by atomic mass is 10.3. The van der Waals surface area contributed by atoms with E-state index in [2.05, 4.69) is 13.8 Å². The number of hydrogen-bond acceptors (Lipinski definition) is 0. The Morgan fingerprint density at radius 3 is 1.33 bits per heavy atom. The van der Waals surface area contributed by atoms with Crippen LogP contribution in [0.2, 0.25) is 0 Å². The molecule has 0 saturated carbocycles. The Morgan fingerprint density at radius 1 is 1.00 bits per heavy atom. The average molecular weight is 109 g/mol. The second-order valence-corrected chi connectivity index (χ2v) is 1.35. The Bertz CT molecular complexity index is 11.4. The fourth-order valence-electron chi connectivity index (χ4n) is 0.354. The van der Waals surface area contributed by atoms with Gasteiger partial charge in [-0.25, -0.2) is 0 Å². The van der Waals surface area contributed by atoms with E-state index >= 15 is 0 Å². The van der Waals surface area contributed by atoms with E-state index < -0.39 is 0 Å². The van der Waals surface area contributed by atoms with Crippen LogP contribution in [-0.2, 0) is 0 Å². The van der Waals surface area contributed by atoms with Gasteiger partial charge < -0.3 is 0 Å². The normalized spacial score (nSPS) is 7.00. The molecule has 0 rings (SSSR count). The van der Waals surface area contributed by atoms with Gasteiger partial charge in [0.15, 0.2) is 0 Å². The highest BCUT2D eigenvalue weighted by molar-refractivity contribution is 5.85. The van der Waals surface area contributed by atoms with Gasteiger partial charge in [0.2, 0.25) is 0 Å². The molecule has 6 heavy (non-hydrogen) atoms. The topological polar surface area (TPSA) is 0 Å². The van der Waals surface area contributed by atoms with E-state index in [1.807, 2.05) is 0 Å². The highest BCUT2D eigenvalue weighted by Gasteiger charge is 1.68. The summed E-state index contributed by atoms with van der Waals surface area (Å²) in [5.41, 5.74) is 0. The van der Waals surface area contributed by atoms with Crippen LogP contribution in [0.25, 0.3) is 0 Å². The van der Waals surface area contributed by atoms with Gasteiger partial charge in [0, 0.05) is 0 Å². The molecule has 0 aliphatic rings. The van der Waals surface area contributed by atoms with E-state index in [0.717, 1.165) is 0 Å². The van der Waals surface area contributed by atoms with Crippen molar-refractivity contribution in [2.24, 2.45) is 0 Å². The SMILES string of the molecule is CCCCC.Cl. The molecule has 0 aromatic heterocycles. The molecule has 0 aromatic carbocycles. The molecule has 0 atom stereocenters. The second kappa shape index (κ2) is 8.99. The summed E-state index contributed by atoms with van der Waals surface area (Å²) >= 11 is 0. The van der Waals surface area contributed by atoms with E-state index in [0.29, 0.717) is 0 Å². The van der Waals surface area contributed by atoms with Crippen LogP contribution in [0, 0.1) is 0 Å². The monoisotopic (exact) mass is 108 g/mol. The lowest BCUT2D eigenvalue weighted by molar-refractivity contribution is 0.772. The smallest absolute Gasteiger partial charge is 0.0538 e. The summed E-state index contributed by atoms with van der Waals surface area (Å²) in [7, 11) is 0. The van der Waals surface area contributed by atoms with Crippen LogP contribution in [0.4, 0.5) is 0 Å². The van der Waals surface area contributed by atoms with Crippen molar-refractivity contribution in [3.8, 4) is 0 Å². The van der Waals surface area contributed by atoms with Crippen molar-refractivity contribution in [2.75, 3.05) is 0 Å². The zero-order chi connectivity index (χ0) is 4.12. The van der Waals surface area contributed by atoms with E-state index in [1.165, 1.54) is 19.3 Å². The van der Waals surface area contributed by atoms with Gasteiger partial charge in [-0.3, -0.25) is 0 Å². The van der Waals surface area contributed by atoms with Gasteiger partial charge in [0.25, 0.3) is 0 Å². The minimum Gasteiger partial charge on any atom is -0.147 e. The molecule has 0 nitrogen and oxygen atoms in total. The van der Waals surface area contributed by atoms with Gasteiger partial charge in [-0.1, -0.05) is 33.1 Å². The van der Waals surface area contributed by atoms with Crippen LogP contribution in [0.15, 0.2) is 0 Å². The maximum atomic E-state index is 2.21. The van der Waals surface area contributed by atoms with Crippen LogP contribution < -0.4 is 0 Å². The molecule has 0 aliphatic carbocycles. The summed E-state index contributed by atoms with van der Waals surface area (Å²) in [6, 6.07) is 0. The molecular weight excluding hydrogens is 95.5 g/mol. The first-order valence-corrected chi connectivity index (χ1v) is 2.41. The molecule has 0 unspecified atom stereocenters. The lowest BCUT2D eigenvalue weighted by Crippen LogP contribution is -1.59. The first-order valence-electron chi connectivity index (χ1n) is 2.41. The molecule has 40 valence electrons. The Balaban J connectivity index is 0. The second-order valence-electron chi connectivity index (χ2n) is 1.35. The van der Waals surface area contributed by atoms with Gasteiger partial charge in [-0.15, -0.1) is 12.4 Å². The summed E-state index contributed by atoms with van der Waals surface area (Å²) in [5.74, 6) is 0. The van der Waals surface area contributed by atoms with Crippen LogP contribution in [0.3, 0.4) is 0 Å². The quantitative estimate of drug-likeness (QED) is 0.510. The standard InChI is InChI=1S/C5H12.ClH/c1-3-5-4-2;/h3-5H2,1-2H3;1H. The van der Waals surface area contributed by atoms with Crippen LogP contribution in [0.5, 0.6) is 0 Å². The molecule has 1 heteroatoms. The summed E-state index contributed by atoms with van der Waals surface area (Å²) in [6.45, 7) is 4.42. The molecule has 0 fully saturated rings. The molecular formula is C5H13Cl. The molecule has 0 spiro atoms. The first kappa shape index (κ1) is 9.56. The third-order valence-electron chi connectivity index (χ3n) is 0.707. The van der Waals surface area contributed by atoms with Gasteiger partial charge in [-0.2, -0.15) is 0 Å². The summed E-state index contributed by atoms with van der Waals surface area (Å²) in [6.07, 6.45) is 4.08. The summed E-state index contributed by atoms with van der Waals surface area (Å²) in [4.78, 5) is 0. The van der Waals surface area contributed by atoms with Crippen LogP contribution in [-0.4, -0.2) is 0 Å². The Labute approximate surface area is 46.4 Å². The predicted octanol–water partition coefficient (Wildman–Crippen LogP) is 2.62. The van der Waals surface area contributed by atoms with Crippen molar-refractivity contribution in [3.63, 3.8) is 0 Å². The fraction of sp³-hybridized carbons (Fsp3) is 1.00. The van der Waals surface area contributed by atoms with Crippen molar-refractivity contribution < 1.29 is 0 Å². The van der Waals surface area contributed by atoms with Crippen molar-refractivity contribution >= 4 is 12.4 Å². The number of halogens is 1. The maximum Gasteiger partial charge on any atom is -0.0538 e. The van der Waals surface area contributed by atoms with Gasteiger partial charge in [-0.05, 0) is 0 Å². The van der Waals surface area contributed by atoms with Gasteiger partial charge >= 0.3 is 0 Å². The van der Waals surface area contributed by atoms with E-state index in [4.69, 9.17) is 0 Å². The minimum atomic E-state index is 0. The summed E-state index contributed by atoms with van der Waals surface area (Å²) < 4.78 is 0. The van der Waals surface area contributed by atoms with Crippen molar-refractivity contribution in [2.45, 2.75) is 33.1 Å². The number of rotatable bonds is 2. The highest BCUT2D eigenvalue weighted by atomic mass is 35.5. The number of hydrogen-bond donors (Lipinski definition) is 0. The molecule has 0 heterocycles. The Morgan fingerprint density at radius 2 is 1.33 bits per heavy atom. The highest BCUT2D eigenvalue weighted by Crippen LogP contribution is 1.88. The predicted molar refractivity (Wildman–Crippen MR) is 32.4 cm³/mol. The zero-order valence-corrected chi connectivity index (χ0v) is 5.35. The summed E-state index contributed by atoms with van der Waals surface area (Å²) in [5, 5.41) is 0. The largest absolute Gasteiger partial charge is 0.147 e. The molecule has 0 aliphatic heterocycles.